The van der Waals surface area contributed by atoms with Gasteiger partial charge in [0.1, 0.15) is 0 Å². The number of likely N-dealkylation sites (N-methyl/N-ethyl adjacent to an activating group) is 1. The lowest BCUT2D eigenvalue weighted by molar-refractivity contribution is -0.139. The third-order valence-corrected chi connectivity index (χ3v) is 16.7. The van der Waals surface area contributed by atoms with Crippen molar-refractivity contribution >= 4 is 70.1 Å². The second-order valence-electron chi connectivity index (χ2n) is 6.49. The van der Waals surface area contributed by atoms with Gasteiger partial charge in [0.2, 0.25) is 0 Å². The van der Waals surface area contributed by atoms with E-state index in [1.165, 1.54) is 5.57 Å². The van der Waals surface area contributed by atoms with Gasteiger partial charge in [0, 0.05) is 18.3 Å². The van der Waals surface area contributed by atoms with E-state index in [-0.39, 0.29) is 0 Å². The first-order chi connectivity index (χ1) is 12.9. The molecule has 0 saturated carbocycles. The van der Waals surface area contributed by atoms with Crippen molar-refractivity contribution in [2.75, 3.05) is 26.4 Å². The van der Waals surface area contributed by atoms with Crippen molar-refractivity contribution in [2.45, 2.75) is 26.2 Å². The average Bonchev–Trinajstić information content (AvgIpc) is 3.04. The highest BCUT2D eigenvalue weighted by Gasteiger charge is 2.36. The number of carbonyl (C=O) groups is 1. The minimum absolute atomic E-state index is 0.291. The lowest BCUT2D eigenvalue weighted by Crippen LogP contribution is -2.19. The van der Waals surface area contributed by atoms with E-state index in [2.05, 4.69) is 36.9 Å². The number of carbonyl (C=O) groups excluding carboxylic acids is 1. The van der Waals surface area contributed by atoms with Gasteiger partial charge >= 0.3 is 5.97 Å². The molecule has 1 aliphatic heterocycles. The van der Waals surface area contributed by atoms with E-state index in [1.54, 1.807) is 6.92 Å². The average molecular weight is 526 g/mol. The molecule has 6 nitrogen and oxygen atoms in total. The highest BCUT2D eigenvalue weighted by atomic mass is 35.9. The Labute approximate surface area is 185 Å². The van der Waals surface area contributed by atoms with Gasteiger partial charge in [0.05, 0.1) is 6.61 Å². The number of hydrogen-bond acceptors (Lipinski definition) is 6. The summed E-state index contributed by atoms with van der Waals surface area (Å²) in [6.07, 6.45) is 9.01. The summed E-state index contributed by atoms with van der Waals surface area (Å²) in [5.41, 5.74) is 1.62. The van der Waals surface area contributed by atoms with Crippen molar-refractivity contribution in [3.63, 3.8) is 0 Å². The summed E-state index contributed by atoms with van der Waals surface area (Å²) in [4.78, 5) is 11.5. The van der Waals surface area contributed by atoms with Crippen LogP contribution in [0.5, 0.6) is 0 Å². The third-order valence-electron chi connectivity index (χ3n) is 3.98. The first kappa shape index (κ1) is 24.8. The molecule has 2 rings (SSSR count). The molecule has 0 saturated heterocycles. The third kappa shape index (κ3) is 7.33. The second-order valence-corrected chi connectivity index (χ2v) is 19.7. The zero-order chi connectivity index (χ0) is 21.0. The topological polar surface area (TPSA) is 66.6 Å². The van der Waals surface area contributed by atoms with Crippen LogP contribution in [-0.4, -0.2) is 37.0 Å². The summed E-state index contributed by atoms with van der Waals surface area (Å²) in [6, 6.07) is 0. The maximum Gasteiger partial charge on any atom is 0.333 e. The van der Waals surface area contributed by atoms with Crippen LogP contribution in [0.1, 0.15) is 26.2 Å². The Morgan fingerprint density at radius 3 is 2.46 bits per heavy atom. The van der Waals surface area contributed by atoms with E-state index < -0.39 is 25.1 Å². The number of rotatable bonds is 9. The number of allylic oxidation sites excluding steroid dienone is 3. The maximum atomic E-state index is 11.5. The summed E-state index contributed by atoms with van der Waals surface area (Å²) in [7, 11) is -0.587. The lowest BCUT2D eigenvalue weighted by atomic mass is 10.2. The molecule has 1 heterocycles. The monoisotopic (exact) mass is 524 g/mol. The van der Waals surface area contributed by atoms with Crippen LogP contribution in [0.15, 0.2) is 49.5 Å². The van der Waals surface area contributed by atoms with Crippen molar-refractivity contribution in [1.29, 1.82) is 0 Å². The zero-order valence-electron chi connectivity index (χ0n) is 15.6. The van der Waals surface area contributed by atoms with Gasteiger partial charge in [0.15, 0.2) is 7.36 Å². The van der Waals surface area contributed by atoms with Crippen LogP contribution in [0.4, 0.5) is 0 Å². The molecule has 1 unspecified atom stereocenters. The fraction of sp³-hybridized carbons (Fsp3) is 0.533. The second kappa shape index (κ2) is 10.2. The Balaban J connectivity index is 2.17. The first-order valence-electron chi connectivity index (χ1n) is 8.53. The van der Waals surface area contributed by atoms with Crippen LogP contribution in [0, 0.1) is 0 Å². The standard InChI is InChI=1S/C15H23Cl4N4O2P3/c1-13(2)15(24)25-10-6-7-11-26(23(3)12-14-8-4-5-9-14)20-27(16,17)22-28(18,19)21-26/h4-5,8H,1,6-7,9-12H2,2-3H3. The van der Waals surface area contributed by atoms with Crippen molar-refractivity contribution in [2.24, 2.45) is 13.5 Å². The largest absolute Gasteiger partial charge is 0.462 e. The predicted octanol–water partition coefficient (Wildman–Crippen LogP) is 8.60. The summed E-state index contributed by atoms with van der Waals surface area (Å²) >= 11 is 25.4. The van der Waals surface area contributed by atoms with Crippen LogP contribution in [0.25, 0.3) is 0 Å². The number of esters is 1. The Hall–Kier alpha value is 0.500. The molecule has 0 aromatic rings. The van der Waals surface area contributed by atoms with Crippen molar-refractivity contribution in [3.05, 3.63) is 36.0 Å². The van der Waals surface area contributed by atoms with Gasteiger partial charge in [-0.05, 0) is 78.2 Å². The smallest absolute Gasteiger partial charge is 0.333 e. The highest BCUT2D eigenvalue weighted by molar-refractivity contribution is 8.21. The Kier molecular flexibility index (Phi) is 9.03. The van der Waals surface area contributed by atoms with Crippen molar-refractivity contribution in [1.82, 2.24) is 4.67 Å². The summed E-state index contributed by atoms with van der Waals surface area (Å²) in [5.74, 6) is -6.40. The van der Waals surface area contributed by atoms with E-state index in [0.29, 0.717) is 37.7 Å². The van der Waals surface area contributed by atoms with E-state index in [0.717, 1.165) is 6.42 Å². The molecule has 158 valence electrons. The fourth-order valence-electron chi connectivity index (χ4n) is 2.65. The van der Waals surface area contributed by atoms with Gasteiger partial charge in [-0.3, -0.25) is 4.67 Å². The summed E-state index contributed by atoms with van der Waals surface area (Å²) in [5, 5.41) is 0. The van der Waals surface area contributed by atoms with Gasteiger partial charge in [0.25, 0.3) is 11.8 Å². The summed E-state index contributed by atoms with van der Waals surface area (Å²) < 4.78 is 20.7. The van der Waals surface area contributed by atoms with E-state index in [1.807, 2.05) is 13.1 Å². The van der Waals surface area contributed by atoms with E-state index in [4.69, 9.17) is 49.7 Å². The molecule has 1 aliphatic carbocycles. The van der Waals surface area contributed by atoms with Crippen LogP contribution >= 0.6 is 64.1 Å². The molecule has 28 heavy (non-hydrogen) atoms. The molecule has 0 radical (unpaired) electrons. The Morgan fingerprint density at radius 2 is 1.89 bits per heavy atom. The molecule has 0 aromatic carbocycles. The van der Waals surface area contributed by atoms with Gasteiger partial charge in [-0.25, -0.2) is 4.79 Å². The Morgan fingerprint density at radius 1 is 1.21 bits per heavy atom. The molecule has 0 bridgehead atoms. The van der Waals surface area contributed by atoms with Gasteiger partial charge < -0.3 is 4.74 Å². The van der Waals surface area contributed by atoms with Crippen molar-refractivity contribution < 1.29 is 9.53 Å². The van der Waals surface area contributed by atoms with E-state index in [9.17, 15) is 4.79 Å². The SMILES string of the molecule is C=C(C)C(=O)OCCCCP1(N(C)CC2=CC=CC2)=NP(Cl)(Cl)=NP(Cl)(Cl)=N1. The molecule has 0 aromatic heterocycles. The summed E-state index contributed by atoms with van der Waals surface area (Å²) in [6.45, 7) is 6.13. The fourth-order valence-corrected chi connectivity index (χ4v) is 19.7. The Bertz CT molecular complexity index is 865. The lowest BCUT2D eigenvalue weighted by Gasteiger charge is -2.34. The van der Waals surface area contributed by atoms with Gasteiger partial charge in [-0.1, -0.05) is 30.4 Å². The first-order valence-corrected chi connectivity index (χ1v) is 17.4. The normalized spacial score (nSPS) is 24.8. The molecule has 0 spiro atoms. The molecule has 0 N–H and O–H groups in total. The number of unbranched alkanes of at least 4 members (excludes halogenated alkanes) is 1. The van der Waals surface area contributed by atoms with Crippen molar-refractivity contribution in [3.8, 4) is 0 Å². The predicted molar refractivity (Wildman–Crippen MR) is 126 cm³/mol. The maximum absolute atomic E-state index is 11.5. The molecular weight excluding hydrogens is 503 g/mol. The zero-order valence-corrected chi connectivity index (χ0v) is 21.3. The molecule has 0 amide bonds. The highest BCUT2D eigenvalue weighted by Crippen LogP contribution is 2.85. The van der Waals surface area contributed by atoms with Crippen LogP contribution in [0.3, 0.4) is 0 Å². The molecule has 13 heteroatoms. The van der Waals surface area contributed by atoms with Crippen LogP contribution in [0.2, 0.25) is 0 Å². The van der Waals surface area contributed by atoms with Crippen LogP contribution < -0.4 is 0 Å². The minimum Gasteiger partial charge on any atom is -0.462 e. The van der Waals surface area contributed by atoms with Gasteiger partial charge in [-0.15, -0.1) is 0 Å². The quantitative estimate of drug-likeness (QED) is 0.131. The van der Waals surface area contributed by atoms with E-state index >= 15 is 0 Å². The number of ether oxygens (including phenoxy) is 1. The number of halogens is 4. The molecular formula is C15H23Cl4N4O2P3. The van der Waals surface area contributed by atoms with Crippen LogP contribution in [-0.2, 0) is 9.53 Å². The number of nitrogens with zero attached hydrogens (tertiary/aromatic N) is 4. The molecule has 1 atom stereocenters. The molecule has 0 fully saturated rings. The minimum atomic E-state index is -3.00. The van der Waals surface area contributed by atoms with Gasteiger partial charge in [-0.2, -0.15) is 13.5 Å². The number of hydrogen-bond donors (Lipinski definition) is 0. The molecule has 2 aliphatic rings.